The van der Waals surface area contributed by atoms with E-state index in [4.69, 9.17) is 10.5 Å². The van der Waals surface area contributed by atoms with Gasteiger partial charge in [-0.2, -0.15) is 11.8 Å². The zero-order valence-corrected chi connectivity index (χ0v) is 17.6. The normalized spacial score (nSPS) is 31.0. The van der Waals surface area contributed by atoms with Crippen molar-refractivity contribution in [1.82, 2.24) is 0 Å². The summed E-state index contributed by atoms with van der Waals surface area (Å²) < 4.78 is 6.15. The van der Waals surface area contributed by atoms with Crippen LogP contribution in [0.25, 0.3) is 0 Å². The molecule has 4 N–H and O–H groups in total. The van der Waals surface area contributed by atoms with Gasteiger partial charge in [0.25, 0.3) is 0 Å². The molecule has 1 heterocycles. The molecule has 0 aromatic carbocycles. The van der Waals surface area contributed by atoms with Crippen molar-refractivity contribution in [2.24, 2.45) is 22.6 Å². The molecule has 2 aliphatic carbocycles. The van der Waals surface area contributed by atoms with Crippen LogP contribution in [0.15, 0.2) is 16.8 Å². The summed E-state index contributed by atoms with van der Waals surface area (Å²) in [5.41, 5.74) is 4.15. The van der Waals surface area contributed by atoms with Gasteiger partial charge in [-0.1, -0.05) is 6.92 Å². The molecule has 28 heavy (non-hydrogen) atoms. The van der Waals surface area contributed by atoms with E-state index in [0.29, 0.717) is 12.2 Å². The second kappa shape index (κ2) is 9.63. The number of hydrogen-bond donors (Lipinski definition) is 3. The summed E-state index contributed by atoms with van der Waals surface area (Å²) in [4.78, 5) is 16.2. The van der Waals surface area contributed by atoms with E-state index in [1.54, 1.807) is 18.0 Å². The molecule has 0 spiro atoms. The third-order valence-electron chi connectivity index (χ3n) is 6.15. The number of aliphatic hydroxyl groups is 1. The molecule has 0 amide bonds. The number of allylic oxidation sites excluding steroid dienone is 1. The predicted molar refractivity (Wildman–Crippen MR) is 113 cm³/mol. The summed E-state index contributed by atoms with van der Waals surface area (Å²) in [7, 11) is 0. The number of dihydropyridines is 1. The van der Waals surface area contributed by atoms with Crippen molar-refractivity contribution in [2.75, 3.05) is 11.5 Å². The number of carboxylic acids is 1. The highest BCUT2D eigenvalue weighted by molar-refractivity contribution is 7.99. The maximum atomic E-state index is 11.8. The lowest BCUT2D eigenvalue weighted by atomic mass is 9.86. The Morgan fingerprint density at radius 2 is 2.07 bits per heavy atom. The molecular weight excluding hydrogens is 376 g/mol. The van der Waals surface area contributed by atoms with Gasteiger partial charge in [0.05, 0.1) is 18.2 Å². The molecule has 2 fully saturated rings. The first-order valence-corrected chi connectivity index (χ1v) is 11.7. The highest BCUT2D eigenvalue weighted by Crippen LogP contribution is 2.34. The Labute approximate surface area is 172 Å². The van der Waals surface area contributed by atoms with Crippen molar-refractivity contribution in [3.05, 3.63) is 11.8 Å². The van der Waals surface area contributed by atoms with Gasteiger partial charge in [-0.3, -0.25) is 4.99 Å². The molecule has 0 aromatic rings. The lowest BCUT2D eigenvalue weighted by molar-refractivity contribution is -0.161. The number of aliphatic carboxylic acids is 1. The number of nitrogens with two attached hydrogens (primary N) is 1. The molecule has 6 nitrogen and oxygen atoms in total. The van der Waals surface area contributed by atoms with Crippen LogP contribution >= 0.6 is 11.8 Å². The number of nitrogens with zero attached hydrogens (tertiary/aromatic N) is 1. The minimum atomic E-state index is -1.97. The number of carbonyl (C=O) groups is 1. The fraction of sp³-hybridized carbons (Fsp3) is 0.810. The van der Waals surface area contributed by atoms with Crippen molar-refractivity contribution >= 4 is 23.9 Å². The van der Waals surface area contributed by atoms with E-state index < -0.39 is 17.6 Å². The first-order chi connectivity index (χ1) is 13.4. The fourth-order valence-electron chi connectivity index (χ4n) is 3.92. The molecular formula is C21H34N2O4S. The maximum Gasteiger partial charge on any atom is 0.337 e. The number of aliphatic imine (C=N–C) groups is 1. The van der Waals surface area contributed by atoms with Gasteiger partial charge < -0.3 is 20.7 Å². The van der Waals surface area contributed by atoms with Gasteiger partial charge in [-0.05, 0) is 62.2 Å². The summed E-state index contributed by atoms with van der Waals surface area (Å²) in [6.45, 7) is 2.28. The summed E-state index contributed by atoms with van der Waals surface area (Å²) in [5.74, 6) is 2.51. The largest absolute Gasteiger partial charge is 0.495 e. The Hall–Kier alpha value is -1.05. The lowest BCUT2D eigenvalue weighted by Gasteiger charge is -2.33. The Kier molecular flexibility index (Phi) is 7.45. The van der Waals surface area contributed by atoms with Gasteiger partial charge in [0.1, 0.15) is 5.76 Å². The summed E-state index contributed by atoms with van der Waals surface area (Å²) >= 11 is 1.64. The molecule has 0 bridgehead atoms. The minimum absolute atomic E-state index is 0.00634. The molecule has 0 radical (unpaired) electrons. The zero-order valence-electron chi connectivity index (χ0n) is 16.8. The Morgan fingerprint density at radius 1 is 1.36 bits per heavy atom. The monoisotopic (exact) mass is 410 g/mol. The van der Waals surface area contributed by atoms with E-state index >= 15 is 0 Å². The van der Waals surface area contributed by atoms with Gasteiger partial charge >= 0.3 is 5.97 Å². The fourth-order valence-corrected chi connectivity index (χ4v) is 5.25. The third kappa shape index (κ3) is 5.97. The molecule has 0 saturated heterocycles. The van der Waals surface area contributed by atoms with Crippen molar-refractivity contribution in [3.63, 3.8) is 0 Å². The van der Waals surface area contributed by atoms with Gasteiger partial charge in [-0.25, -0.2) is 4.79 Å². The zero-order chi connectivity index (χ0) is 20.1. The molecule has 0 aromatic heterocycles. The van der Waals surface area contributed by atoms with Crippen LogP contribution in [0.2, 0.25) is 0 Å². The van der Waals surface area contributed by atoms with E-state index in [9.17, 15) is 15.0 Å². The van der Waals surface area contributed by atoms with Crippen LogP contribution in [0.4, 0.5) is 0 Å². The summed E-state index contributed by atoms with van der Waals surface area (Å²) in [6, 6.07) is -1.15. The predicted octanol–water partition coefficient (Wildman–Crippen LogP) is 2.99. The van der Waals surface area contributed by atoms with Crippen LogP contribution in [-0.2, 0) is 9.53 Å². The Balaban J connectivity index is 1.51. The van der Waals surface area contributed by atoms with E-state index in [0.717, 1.165) is 36.2 Å². The maximum absolute atomic E-state index is 11.8. The van der Waals surface area contributed by atoms with Crippen molar-refractivity contribution in [1.29, 1.82) is 0 Å². The molecule has 7 heteroatoms. The van der Waals surface area contributed by atoms with Crippen molar-refractivity contribution in [2.45, 2.75) is 82.1 Å². The first-order valence-electron chi connectivity index (χ1n) is 10.5. The smallest absolute Gasteiger partial charge is 0.337 e. The molecule has 1 aliphatic heterocycles. The molecule has 3 atom stereocenters. The van der Waals surface area contributed by atoms with E-state index in [1.165, 1.54) is 25.7 Å². The SMILES string of the molecule is CC1CCC(OC2=CC=NC(C[C@](O)(C(=O)O)[C@@H](N)CSCC3CC3)C2)CC1. The number of thioether (sulfide) groups is 1. The second-order valence-electron chi connectivity index (χ2n) is 8.81. The van der Waals surface area contributed by atoms with Gasteiger partial charge in [-0.15, -0.1) is 0 Å². The minimum Gasteiger partial charge on any atom is -0.495 e. The highest BCUT2D eigenvalue weighted by Gasteiger charge is 2.44. The lowest BCUT2D eigenvalue weighted by Crippen LogP contribution is -2.57. The van der Waals surface area contributed by atoms with E-state index in [-0.39, 0.29) is 18.6 Å². The van der Waals surface area contributed by atoms with Crippen molar-refractivity contribution in [3.8, 4) is 0 Å². The van der Waals surface area contributed by atoms with Gasteiger partial charge in [0.2, 0.25) is 0 Å². The van der Waals surface area contributed by atoms with Crippen LogP contribution < -0.4 is 5.73 Å². The second-order valence-corrected chi connectivity index (χ2v) is 9.88. The van der Waals surface area contributed by atoms with Gasteiger partial charge in [0, 0.05) is 24.8 Å². The summed E-state index contributed by atoms with van der Waals surface area (Å²) in [6.07, 6.45) is 11.3. The van der Waals surface area contributed by atoms with Crippen molar-refractivity contribution < 1.29 is 19.7 Å². The highest BCUT2D eigenvalue weighted by atomic mass is 32.2. The Morgan fingerprint density at radius 3 is 2.71 bits per heavy atom. The standard InChI is InChI=1S/C21H34N2O4S/c1-14-2-6-17(7-3-14)27-18-8-9-23-16(10-18)11-21(26,20(24)25)19(22)13-28-12-15-4-5-15/h8-9,14-17,19,26H,2-7,10-13,22H2,1H3,(H,24,25)/t14?,16?,17?,19-,21+/m0/s1. The molecule has 3 aliphatic rings. The number of hydrogen-bond acceptors (Lipinski definition) is 6. The van der Waals surface area contributed by atoms with Crippen LogP contribution in [0.1, 0.15) is 58.3 Å². The van der Waals surface area contributed by atoms with Crippen LogP contribution in [0.3, 0.4) is 0 Å². The van der Waals surface area contributed by atoms with E-state index in [1.807, 2.05) is 6.08 Å². The molecule has 2 saturated carbocycles. The third-order valence-corrected chi connectivity index (χ3v) is 7.46. The summed E-state index contributed by atoms with van der Waals surface area (Å²) in [5, 5.41) is 20.5. The van der Waals surface area contributed by atoms with E-state index in [2.05, 4.69) is 11.9 Å². The number of ether oxygens (including phenoxy) is 1. The van der Waals surface area contributed by atoms with Crippen LogP contribution in [0, 0.1) is 11.8 Å². The molecule has 1 unspecified atom stereocenters. The van der Waals surface area contributed by atoms with Gasteiger partial charge in [0.15, 0.2) is 5.60 Å². The number of rotatable bonds is 10. The molecule has 158 valence electrons. The topological polar surface area (TPSA) is 105 Å². The van der Waals surface area contributed by atoms with Crippen LogP contribution in [-0.4, -0.2) is 57.7 Å². The quantitative estimate of drug-likeness (QED) is 0.511. The van der Waals surface area contributed by atoms with Crippen LogP contribution in [0.5, 0.6) is 0 Å². The Bertz CT molecular complexity index is 599. The molecule has 3 rings (SSSR count). The number of carboxylic acid groups (broad SMARTS) is 1. The average Bonchev–Trinajstić information content (AvgIpc) is 3.48. The first kappa shape index (κ1) is 21.7. The average molecular weight is 411 g/mol.